The number of amides is 1. The van der Waals surface area contributed by atoms with Gasteiger partial charge in [0, 0.05) is 11.6 Å². The monoisotopic (exact) mass is 169 g/mol. The van der Waals surface area contributed by atoms with E-state index < -0.39 is 0 Å². The van der Waals surface area contributed by atoms with Gasteiger partial charge in [-0.25, -0.2) is 0 Å². The molecule has 0 aliphatic heterocycles. The number of hydrogen-bond acceptors (Lipinski definition) is 1. The molecule has 0 fully saturated rings. The number of rotatable bonds is 3. The molecule has 0 unspecified atom stereocenters. The van der Waals surface area contributed by atoms with Crippen molar-refractivity contribution in [1.29, 1.82) is 0 Å². The molecule has 2 nitrogen and oxygen atoms in total. The Hall–Kier alpha value is -1.02. The van der Waals surface area contributed by atoms with Crippen LogP contribution < -0.4 is 5.32 Å². The van der Waals surface area contributed by atoms with Crippen molar-refractivity contribution in [2.24, 2.45) is 0 Å². The maximum absolute atomic E-state index is 10.0. The lowest BCUT2D eigenvalue weighted by molar-refractivity contribution is -0.105. The third-order valence-corrected chi connectivity index (χ3v) is 1.62. The van der Waals surface area contributed by atoms with Crippen molar-refractivity contribution in [3.8, 4) is 0 Å². The Morgan fingerprint density at radius 2 is 2.36 bits per heavy atom. The molecule has 58 valence electrons. The summed E-state index contributed by atoms with van der Waals surface area (Å²) in [6.45, 7) is 0. The van der Waals surface area contributed by atoms with Gasteiger partial charge in [0.1, 0.15) is 0 Å². The zero-order valence-corrected chi connectivity index (χ0v) is 6.64. The van der Waals surface area contributed by atoms with Crippen molar-refractivity contribution in [1.82, 2.24) is 0 Å². The van der Waals surface area contributed by atoms with E-state index >= 15 is 0 Å². The van der Waals surface area contributed by atoms with Crippen LogP contribution in [-0.2, 0) is 10.7 Å². The van der Waals surface area contributed by atoms with Crippen molar-refractivity contribution in [3.05, 3.63) is 29.8 Å². The summed E-state index contributed by atoms with van der Waals surface area (Å²) in [5, 5.41) is 2.54. The van der Waals surface area contributed by atoms with Gasteiger partial charge in [0.15, 0.2) is 0 Å². The fourth-order valence-electron chi connectivity index (χ4n) is 0.812. The lowest BCUT2D eigenvalue weighted by Gasteiger charge is -1.99. The summed E-state index contributed by atoms with van der Waals surface area (Å²) in [5.74, 6) is 0.467. The Labute approximate surface area is 70.2 Å². The first kappa shape index (κ1) is 8.08. The van der Waals surface area contributed by atoms with Crippen molar-refractivity contribution >= 4 is 23.7 Å². The van der Waals surface area contributed by atoms with Crippen LogP contribution in [0.1, 0.15) is 5.56 Å². The Balaban J connectivity index is 2.82. The molecule has 1 amide bonds. The summed E-state index contributed by atoms with van der Waals surface area (Å²) in [4.78, 5) is 10.0. The minimum Gasteiger partial charge on any atom is -0.329 e. The van der Waals surface area contributed by atoms with Crippen LogP contribution in [0.2, 0.25) is 0 Å². The number of alkyl halides is 1. The molecule has 1 N–H and O–H groups in total. The van der Waals surface area contributed by atoms with Gasteiger partial charge in [-0.3, -0.25) is 4.79 Å². The van der Waals surface area contributed by atoms with Crippen LogP contribution in [0.3, 0.4) is 0 Å². The molecule has 0 aliphatic rings. The molecule has 11 heavy (non-hydrogen) atoms. The second kappa shape index (κ2) is 3.98. The average Bonchev–Trinajstić information content (AvgIpc) is 2.06. The highest BCUT2D eigenvalue weighted by Gasteiger charge is 1.91. The number of hydrogen-bond donors (Lipinski definition) is 1. The van der Waals surface area contributed by atoms with Crippen molar-refractivity contribution in [3.63, 3.8) is 0 Å². The highest BCUT2D eigenvalue weighted by atomic mass is 35.5. The fraction of sp³-hybridized carbons (Fsp3) is 0.125. The molecule has 0 aliphatic carbocycles. The molecule has 1 aromatic rings. The largest absolute Gasteiger partial charge is 0.329 e. The Bertz CT molecular complexity index is 250. The summed E-state index contributed by atoms with van der Waals surface area (Å²) in [7, 11) is 0. The molecule has 0 radical (unpaired) electrons. The van der Waals surface area contributed by atoms with E-state index in [1.165, 1.54) is 0 Å². The van der Waals surface area contributed by atoms with Crippen LogP contribution in [0.15, 0.2) is 24.3 Å². The lowest BCUT2D eigenvalue weighted by Crippen LogP contribution is -1.93. The molecule has 3 heteroatoms. The zero-order chi connectivity index (χ0) is 8.10. The number of halogens is 1. The first-order chi connectivity index (χ1) is 5.36. The van der Waals surface area contributed by atoms with Gasteiger partial charge >= 0.3 is 0 Å². The van der Waals surface area contributed by atoms with E-state index in [2.05, 4.69) is 5.32 Å². The summed E-state index contributed by atoms with van der Waals surface area (Å²) < 4.78 is 0. The smallest absolute Gasteiger partial charge is 0.211 e. The van der Waals surface area contributed by atoms with Crippen LogP contribution in [0.4, 0.5) is 5.69 Å². The first-order valence-corrected chi connectivity index (χ1v) is 3.75. The highest BCUT2D eigenvalue weighted by Crippen LogP contribution is 2.11. The molecule has 0 saturated carbocycles. The van der Waals surface area contributed by atoms with E-state index in [4.69, 9.17) is 11.6 Å². The number of benzene rings is 1. The van der Waals surface area contributed by atoms with Crippen molar-refractivity contribution in [2.45, 2.75) is 5.88 Å². The van der Waals surface area contributed by atoms with Gasteiger partial charge in [-0.2, -0.15) is 0 Å². The predicted molar refractivity (Wildman–Crippen MR) is 45.7 cm³/mol. The maximum atomic E-state index is 10.0. The van der Waals surface area contributed by atoms with Crippen LogP contribution in [0, 0.1) is 0 Å². The quantitative estimate of drug-likeness (QED) is 0.544. The molecule has 0 aromatic heterocycles. The van der Waals surface area contributed by atoms with E-state index in [-0.39, 0.29) is 0 Å². The Morgan fingerprint density at radius 3 is 3.00 bits per heavy atom. The lowest BCUT2D eigenvalue weighted by atomic mass is 10.2. The summed E-state index contributed by atoms with van der Waals surface area (Å²) in [6.07, 6.45) is 0.646. The third-order valence-electron chi connectivity index (χ3n) is 1.31. The zero-order valence-electron chi connectivity index (χ0n) is 5.88. The van der Waals surface area contributed by atoms with Gasteiger partial charge in [-0.05, 0) is 17.7 Å². The first-order valence-electron chi connectivity index (χ1n) is 3.22. The van der Waals surface area contributed by atoms with Crippen LogP contribution >= 0.6 is 11.6 Å². The number of carbonyl (C=O) groups is 1. The molecular weight excluding hydrogens is 162 g/mol. The van der Waals surface area contributed by atoms with E-state index in [0.29, 0.717) is 12.3 Å². The second-order valence-electron chi connectivity index (χ2n) is 2.10. The van der Waals surface area contributed by atoms with Gasteiger partial charge in [-0.15, -0.1) is 11.6 Å². The summed E-state index contributed by atoms with van der Waals surface area (Å²) in [5.41, 5.74) is 1.77. The normalized spacial score (nSPS) is 9.18. The Kier molecular flexibility index (Phi) is 2.93. The van der Waals surface area contributed by atoms with Crippen LogP contribution in [0.5, 0.6) is 0 Å². The van der Waals surface area contributed by atoms with Gasteiger partial charge < -0.3 is 5.32 Å². The third kappa shape index (κ3) is 2.24. The van der Waals surface area contributed by atoms with Gasteiger partial charge in [-0.1, -0.05) is 12.1 Å². The van der Waals surface area contributed by atoms with Crippen molar-refractivity contribution in [2.75, 3.05) is 5.32 Å². The molecule has 0 heterocycles. The molecule has 1 rings (SSSR count). The molecule has 0 spiro atoms. The highest BCUT2D eigenvalue weighted by molar-refractivity contribution is 6.17. The predicted octanol–water partition coefficient (Wildman–Crippen LogP) is 1.99. The number of anilines is 1. The van der Waals surface area contributed by atoms with E-state index in [0.717, 1.165) is 11.3 Å². The Morgan fingerprint density at radius 1 is 1.55 bits per heavy atom. The fourth-order valence-corrected chi connectivity index (χ4v) is 0.979. The van der Waals surface area contributed by atoms with E-state index in [1.807, 2.05) is 24.3 Å². The number of nitrogens with one attached hydrogen (secondary N) is 1. The molecule has 0 saturated heterocycles. The second-order valence-corrected chi connectivity index (χ2v) is 2.36. The average molecular weight is 170 g/mol. The van der Waals surface area contributed by atoms with Gasteiger partial charge in [0.2, 0.25) is 6.41 Å². The minimum absolute atomic E-state index is 0.467. The molecule has 0 atom stereocenters. The summed E-state index contributed by atoms with van der Waals surface area (Å²) in [6, 6.07) is 7.40. The number of carbonyl (C=O) groups excluding carboxylic acids is 1. The van der Waals surface area contributed by atoms with Crippen LogP contribution in [-0.4, -0.2) is 6.41 Å². The van der Waals surface area contributed by atoms with E-state index in [1.54, 1.807) is 0 Å². The van der Waals surface area contributed by atoms with Gasteiger partial charge in [0.05, 0.1) is 0 Å². The molecular formula is C8H8ClNO. The molecule has 1 aromatic carbocycles. The topological polar surface area (TPSA) is 29.1 Å². The van der Waals surface area contributed by atoms with Crippen LogP contribution in [0.25, 0.3) is 0 Å². The minimum atomic E-state index is 0.467. The van der Waals surface area contributed by atoms with Crippen molar-refractivity contribution < 1.29 is 4.79 Å². The maximum Gasteiger partial charge on any atom is 0.211 e. The van der Waals surface area contributed by atoms with E-state index in [9.17, 15) is 4.79 Å². The standard InChI is InChI=1S/C8H8ClNO/c9-5-7-2-1-3-8(4-7)10-6-11/h1-4,6H,5H2,(H,10,11). The SMILES string of the molecule is O=CNc1cccc(CCl)c1. The van der Waals surface area contributed by atoms with Gasteiger partial charge in [0.25, 0.3) is 0 Å². The molecule has 0 bridgehead atoms. The summed E-state index contributed by atoms with van der Waals surface area (Å²) >= 11 is 5.58.